The lowest BCUT2D eigenvalue weighted by atomic mass is 10.2. The van der Waals surface area contributed by atoms with E-state index in [0.717, 1.165) is 0 Å². The van der Waals surface area contributed by atoms with E-state index in [-0.39, 0.29) is 18.4 Å². The van der Waals surface area contributed by atoms with Gasteiger partial charge in [-0.05, 0) is 18.6 Å². The molecule has 0 fully saturated rings. The molecule has 0 atom stereocenters. The van der Waals surface area contributed by atoms with E-state index in [1.54, 1.807) is 19.1 Å². The Morgan fingerprint density at radius 1 is 1.50 bits per heavy atom. The summed E-state index contributed by atoms with van der Waals surface area (Å²) < 4.78 is 23.7. The van der Waals surface area contributed by atoms with Gasteiger partial charge in [0.1, 0.15) is 6.26 Å². The average molecular weight is 222 g/mol. The molecule has 0 amide bonds. The van der Waals surface area contributed by atoms with E-state index in [1.165, 1.54) is 12.3 Å². The summed E-state index contributed by atoms with van der Waals surface area (Å²) in [5.74, 6) is -0.333. The molecule has 0 aliphatic heterocycles. The molecule has 2 N–H and O–H groups in total. The summed E-state index contributed by atoms with van der Waals surface area (Å²) in [5.41, 5.74) is 6.42. The van der Waals surface area contributed by atoms with Crippen molar-refractivity contribution in [2.24, 2.45) is 5.73 Å². The Labute approximate surface area is 91.9 Å². The summed E-state index contributed by atoms with van der Waals surface area (Å²) in [4.78, 5) is 3.91. The second-order valence-corrected chi connectivity index (χ2v) is 3.30. The molecule has 0 unspecified atom stereocenters. The maximum atomic E-state index is 13.6. The highest BCUT2D eigenvalue weighted by Gasteiger charge is 2.10. The second kappa shape index (κ2) is 4.32. The number of hydrogen-bond acceptors (Lipinski definition) is 4. The van der Waals surface area contributed by atoms with E-state index in [0.29, 0.717) is 11.3 Å². The lowest BCUT2D eigenvalue weighted by Crippen LogP contribution is -1.96. The smallest absolute Gasteiger partial charge is 0.399 e. The molecule has 0 aliphatic rings. The quantitative estimate of drug-likeness (QED) is 0.866. The molecule has 1 heterocycles. The SMILES string of the molecule is Cc1cccc(Oc2nc(CN)co2)c1F. The largest absolute Gasteiger partial charge is 0.417 e. The lowest BCUT2D eigenvalue weighted by Gasteiger charge is -2.03. The minimum absolute atomic E-state index is 0.00931. The number of aryl methyl sites for hydroxylation is 1. The van der Waals surface area contributed by atoms with Crippen molar-refractivity contribution >= 4 is 0 Å². The summed E-state index contributed by atoms with van der Waals surface area (Å²) >= 11 is 0. The topological polar surface area (TPSA) is 61.3 Å². The van der Waals surface area contributed by atoms with Crippen molar-refractivity contribution in [2.45, 2.75) is 13.5 Å². The molecule has 0 saturated heterocycles. The van der Waals surface area contributed by atoms with Crippen molar-refractivity contribution in [1.82, 2.24) is 4.98 Å². The average Bonchev–Trinajstić information content (AvgIpc) is 2.73. The van der Waals surface area contributed by atoms with Crippen molar-refractivity contribution in [1.29, 1.82) is 0 Å². The van der Waals surface area contributed by atoms with E-state index in [2.05, 4.69) is 4.98 Å². The second-order valence-electron chi connectivity index (χ2n) is 3.30. The van der Waals surface area contributed by atoms with Crippen LogP contribution in [0.4, 0.5) is 4.39 Å². The Kier molecular flexibility index (Phi) is 2.87. The first kappa shape index (κ1) is 10.6. The number of nitrogens with zero attached hydrogens (tertiary/aromatic N) is 1. The van der Waals surface area contributed by atoms with Gasteiger partial charge in [-0.15, -0.1) is 0 Å². The van der Waals surface area contributed by atoms with Gasteiger partial charge in [0.25, 0.3) is 0 Å². The first-order valence-corrected chi connectivity index (χ1v) is 4.78. The standard InChI is InChI=1S/C11H11FN2O2/c1-7-3-2-4-9(10(7)12)16-11-14-8(5-13)6-15-11/h2-4,6H,5,13H2,1H3. The van der Waals surface area contributed by atoms with Gasteiger partial charge in [-0.25, -0.2) is 4.39 Å². The van der Waals surface area contributed by atoms with E-state index in [4.69, 9.17) is 14.9 Å². The van der Waals surface area contributed by atoms with Crippen LogP contribution in [-0.2, 0) is 6.54 Å². The fraction of sp³-hybridized carbons (Fsp3) is 0.182. The number of aromatic nitrogens is 1. The van der Waals surface area contributed by atoms with Crippen LogP contribution in [0.2, 0.25) is 0 Å². The molecule has 2 rings (SSSR count). The van der Waals surface area contributed by atoms with Gasteiger partial charge < -0.3 is 14.9 Å². The summed E-state index contributed by atoms with van der Waals surface area (Å²) in [5, 5.41) is 0. The highest BCUT2D eigenvalue weighted by Crippen LogP contribution is 2.25. The summed E-state index contributed by atoms with van der Waals surface area (Å²) in [6.07, 6.45) is 1.37. The van der Waals surface area contributed by atoms with Crippen LogP contribution in [0, 0.1) is 12.7 Å². The number of oxazole rings is 1. The first-order chi connectivity index (χ1) is 7.70. The van der Waals surface area contributed by atoms with Crippen LogP contribution in [0.5, 0.6) is 11.8 Å². The molecular weight excluding hydrogens is 211 g/mol. The van der Waals surface area contributed by atoms with E-state index < -0.39 is 5.82 Å². The van der Waals surface area contributed by atoms with E-state index >= 15 is 0 Å². The number of halogens is 1. The minimum atomic E-state index is -0.421. The zero-order chi connectivity index (χ0) is 11.5. The third-order valence-corrected chi connectivity index (χ3v) is 2.09. The molecule has 5 heteroatoms. The maximum absolute atomic E-state index is 13.6. The number of rotatable bonds is 3. The molecule has 84 valence electrons. The van der Waals surface area contributed by atoms with Crippen molar-refractivity contribution in [3.63, 3.8) is 0 Å². The number of ether oxygens (including phenoxy) is 1. The fourth-order valence-electron chi connectivity index (χ4n) is 1.22. The molecule has 0 radical (unpaired) electrons. The van der Waals surface area contributed by atoms with Gasteiger partial charge in [0.05, 0.1) is 5.69 Å². The molecule has 4 nitrogen and oxygen atoms in total. The van der Waals surface area contributed by atoms with Crippen molar-refractivity contribution in [2.75, 3.05) is 0 Å². The van der Waals surface area contributed by atoms with Crippen LogP contribution in [-0.4, -0.2) is 4.98 Å². The Hall–Kier alpha value is -1.88. The molecule has 1 aromatic carbocycles. The third kappa shape index (κ3) is 2.04. The third-order valence-electron chi connectivity index (χ3n) is 2.09. The highest BCUT2D eigenvalue weighted by molar-refractivity contribution is 5.31. The molecular formula is C11H11FN2O2. The van der Waals surface area contributed by atoms with Gasteiger partial charge >= 0.3 is 6.08 Å². The molecule has 0 saturated carbocycles. The zero-order valence-corrected chi connectivity index (χ0v) is 8.74. The molecule has 2 aromatic rings. The zero-order valence-electron chi connectivity index (χ0n) is 8.74. The van der Waals surface area contributed by atoms with Gasteiger partial charge in [0.2, 0.25) is 0 Å². The monoisotopic (exact) mass is 222 g/mol. The summed E-state index contributed by atoms with van der Waals surface area (Å²) in [6, 6.07) is 4.86. The van der Waals surface area contributed by atoms with E-state index in [9.17, 15) is 4.39 Å². The van der Waals surface area contributed by atoms with Crippen molar-refractivity contribution in [3.8, 4) is 11.8 Å². The maximum Gasteiger partial charge on any atom is 0.399 e. The summed E-state index contributed by atoms with van der Waals surface area (Å²) in [7, 11) is 0. The molecule has 0 bridgehead atoms. The Bertz CT molecular complexity index is 496. The van der Waals surface area contributed by atoms with Gasteiger partial charge in [-0.2, -0.15) is 4.98 Å². The van der Waals surface area contributed by atoms with Crippen molar-refractivity contribution in [3.05, 3.63) is 41.5 Å². The normalized spacial score (nSPS) is 10.4. The minimum Gasteiger partial charge on any atom is -0.417 e. The number of benzene rings is 1. The predicted molar refractivity (Wildman–Crippen MR) is 55.6 cm³/mol. The molecule has 0 aliphatic carbocycles. The Morgan fingerprint density at radius 3 is 3.00 bits per heavy atom. The van der Waals surface area contributed by atoms with Gasteiger partial charge in [0.15, 0.2) is 11.6 Å². The van der Waals surface area contributed by atoms with Crippen molar-refractivity contribution < 1.29 is 13.5 Å². The number of hydrogen-bond donors (Lipinski definition) is 1. The van der Waals surface area contributed by atoms with Gasteiger partial charge in [-0.1, -0.05) is 12.1 Å². The highest BCUT2D eigenvalue weighted by atomic mass is 19.1. The van der Waals surface area contributed by atoms with Crippen LogP contribution in [0.15, 0.2) is 28.9 Å². The van der Waals surface area contributed by atoms with Crippen LogP contribution in [0.1, 0.15) is 11.3 Å². The van der Waals surface area contributed by atoms with Gasteiger partial charge in [-0.3, -0.25) is 0 Å². The van der Waals surface area contributed by atoms with Crippen LogP contribution in [0.25, 0.3) is 0 Å². The molecule has 16 heavy (non-hydrogen) atoms. The molecule has 1 aromatic heterocycles. The van der Waals surface area contributed by atoms with Crippen LogP contribution in [0.3, 0.4) is 0 Å². The Morgan fingerprint density at radius 2 is 2.31 bits per heavy atom. The van der Waals surface area contributed by atoms with Crippen LogP contribution >= 0.6 is 0 Å². The van der Waals surface area contributed by atoms with Gasteiger partial charge in [0, 0.05) is 6.54 Å². The summed E-state index contributed by atoms with van der Waals surface area (Å²) in [6.45, 7) is 1.91. The predicted octanol–water partition coefficient (Wildman–Crippen LogP) is 2.37. The first-order valence-electron chi connectivity index (χ1n) is 4.78. The lowest BCUT2D eigenvalue weighted by molar-refractivity contribution is 0.317. The Balaban J connectivity index is 2.23. The number of nitrogens with two attached hydrogens (primary N) is 1. The fourth-order valence-corrected chi connectivity index (χ4v) is 1.22. The molecule has 0 spiro atoms. The van der Waals surface area contributed by atoms with Crippen LogP contribution < -0.4 is 10.5 Å². The van der Waals surface area contributed by atoms with E-state index in [1.807, 2.05) is 0 Å².